The van der Waals surface area contributed by atoms with Crippen LogP contribution in [0.3, 0.4) is 0 Å². The topological polar surface area (TPSA) is 96.6 Å². The minimum atomic E-state index is -4.44. The van der Waals surface area contributed by atoms with Gasteiger partial charge in [0.15, 0.2) is 0 Å². The maximum absolute atomic E-state index is 13.0. The molecule has 0 aliphatic heterocycles. The van der Waals surface area contributed by atoms with Crippen molar-refractivity contribution in [3.8, 4) is 0 Å². The van der Waals surface area contributed by atoms with E-state index >= 15 is 0 Å². The smallest absolute Gasteiger partial charge is 0.324 e. The number of halogens is 1. The fraction of sp³-hybridized carbons (Fsp3) is 0.0667. The lowest BCUT2D eigenvalue weighted by Crippen LogP contribution is -2.15. The molecule has 2 aromatic carbocycles. The van der Waals surface area contributed by atoms with E-state index in [4.69, 9.17) is 0 Å². The van der Waals surface area contributed by atoms with E-state index in [1.807, 2.05) is 0 Å². The SMILES string of the molecule is O=P(O)(O)Cc1cc2ccc(Br)cc2n1S(=O)(=O)c1ccccc1. The third-order valence-corrected chi connectivity index (χ3v) is 6.45. The average Bonchev–Trinajstić information content (AvgIpc) is 2.83. The number of benzene rings is 2. The Kier molecular flexibility index (Phi) is 4.44. The zero-order valence-corrected chi connectivity index (χ0v) is 15.5. The van der Waals surface area contributed by atoms with Crippen LogP contribution < -0.4 is 0 Å². The van der Waals surface area contributed by atoms with Gasteiger partial charge in [-0.15, -0.1) is 0 Å². The second-order valence-corrected chi connectivity index (χ2v) is 9.59. The molecule has 0 fully saturated rings. The third kappa shape index (κ3) is 3.34. The third-order valence-electron chi connectivity index (χ3n) is 3.44. The highest BCUT2D eigenvalue weighted by atomic mass is 79.9. The molecule has 9 heteroatoms. The van der Waals surface area contributed by atoms with Crippen molar-refractivity contribution in [3.63, 3.8) is 0 Å². The van der Waals surface area contributed by atoms with E-state index in [0.717, 1.165) is 3.97 Å². The van der Waals surface area contributed by atoms with Gasteiger partial charge in [-0.1, -0.05) is 40.2 Å². The second-order valence-electron chi connectivity index (χ2n) is 5.24. The van der Waals surface area contributed by atoms with Crippen LogP contribution in [0.5, 0.6) is 0 Å². The number of aromatic nitrogens is 1. The van der Waals surface area contributed by atoms with Crippen molar-refractivity contribution in [2.75, 3.05) is 0 Å². The quantitative estimate of drug-likeness (QED) is 0.620. The summed E-state index contributed by atoms with van der Waals surface area (Å²) in [5.74, 6) is 0. The Morgan fingerprint density at radius 1 is 1.04 bits per heavy atom. The first-order valence-electron chi connectivity index (χ1n) is 6.83. The van der Waals surface area contributed by atoms with Crippen molar-refractivity contribution < 1.29 is 22.8 Å². The molecular weight excluding hydrogens is 417 g/mol. The molecule has 0 aliphatic carbocycles. The Morgan fingerprint density at radius 3 is 2.33 bits per heavy atom. The summed E-state index contributed by atoms with van der Waals surface area (Å²) in [5, 5.41) is 0.584. The van der Waals surface area contributed by atoms with Crippen molar-refractivity contribution in [3.05, 3.63) is 64.8 Å². The van der Waals surface area contributed by atoms with Crippen molar-refractivity contribution in [2.45, 2.75) is 11.1 Å². The van der Waals surface area contributed by atoms with Gasteiger partial charge >= 0.3 is 7.60 Å². The Morgan fingerprint density at radius 2 is 1.71 bits per heavy atom. The van der Waals surface area contributed by atoms with Crippen LogP contribution in [0.4, 0.5) is 0 Å². The highest BCUT2D eigenvalue weighted by molar-refractivity contribution is 9.10. The van der Waals surface area contributed by atoms with E-state index in [1.54, 1.807) is 36.4 Å². The molecule has 1 heterocycles. The maximum Gasteiger partial charge on any atom is 0.331 e. The number of nitrogens with zero attached hydrogens (tertiary/aromatic N) is 1. The van der Waals surface area contributed by atoms with Gasteiger partial charge in [-0.05, 0) is 30.3 Å². The molecule has 3 aromatic rings. The Balaban J connectivity index is 2.34. The summed E-state index contributed by atoms with van der Waals surface area (Å²) in [6, 6.07) is 14.3. The standard InChI is InChI=1S/C15H13BrNO5PS/c16-12-7-6-11-8-13(10-23(18,19)20)17(15(11)9-12)24(21,22)14-4-2-1-3-5-14/h1-9H,10H2,(H2,18,19,20). The van der Waals surface area contributed by atoms with Gasteiger partial charge in [0.05, 0.1) is 16.6 Å². The van der Waals surface area contributed by atoms with E-state index in [-0.39, 0.29) is 10.6 Å². The lowest BCUT2D eigenvalue weighted by Gasteiger charge is -2.12. The highest BCUT2D eigenvalue weighted by Crippen LogP contribution is 2.41. The zero-order valence-electron chi connectivity index (χ0n) is 12.2. The summed E-state index contributed by atoms with van der Waals surface area (Å²) in [4.78, 5) is 18.7. The van der Waals surface area contributed by atoms with E-state index in [9.17, 15) is 22.8 Å². The molecule has 6 nitrogen and oxygen atoms in total. The Bertz CT molecular complexity index is 1060. The van der Waals surface area contributed by atoms with Gasteiger partial charge in [0.1, 0.15) is 0 Å². The molecule has 24 heavy (non-hydrogen) atoms. The predicted molar refractivity (Wildman–Crippen MR) is 94.4 cm³/mol. The van der Waals surface area contributed by atoms with E-state index < -0.39 is 23.8 Å². The summed E-state index contributed by atoms with van der Waals surface area (Å²) >= 11 is 3.30. The summed E-state index contributed by atoms with van der Waals surface area (Å²) in [6.07, 6.45) is -0.661. The Labute approximate surface area is 147 Å². The average molecular weight is 430 g/mol. The van der Waals surface area contributed by atoms with Crippen molar-refractivity contribution in [2.24, 2.45) is 0 Å². The summed E-state index contributed by atoms with van der Waals surface area (Å²) in [5.41, 5.74) is 0.400. The molecule has 0 spiro atoms. The fourth-order valence-corrected chi connectivity index (χ4v) is 5.16. The molecule has 0 bridgehead atoms. The van der Waals surface area contributed by atoms with Gasteiger partial charge in [-0.25, -0.2) is 12.4 Å². The number of rotatable bonds is 4. The summed E-state index contributed by atoms with van der Waals surface area (Å²) < 4.78 is 39.1. The van der Waals surface area contributed by atoms with E-state index in [1.165, 1.54) is 18.2 Å². The monoisotopic (exact) mass is 429 g/mol. The molecule has 0 atom stereocenters. The largest absolute Gasteiger partial charge is 0.331 e. The number of hydrogen-bond acceptors (Lipinski definition) is 3. The van der Waals surface area contributed by atoms with Gasteiger partial charge in [0.2, 0.25) is 0 Å². The van der Waals surface area contributed by atoms with Crippen molar-refractivity contribution in [1.29, 1.82) is 0 Å². The van der Waals surface area contributed by atoms with E-state index in [0.29, 0.717) is 15.4 Å². The molecule has 0 saturated carbocycles. The van der Waals surface area contributed by atoms with Crippen LogP contribution in [0.15, 0.2) is 64.0 Å². The first kappa shape index (κ1) is 17.4. The van der Waals surface area contributed by atoms with Crippen LogP contribution in [0.25, 0.3) is 10.9 Å². The van der Waals surface area contributed by atoms with E-state index in [2.05, 4.69) is 15.9 Å². The molecule has 1 aromatic heterocycles. The zero-order chi connectivity index (χ0) is 17.5. The Hall–Kier alpha value is -1.44. The molecule has 0 aliphatic rings. The fourth-order valence-electron chi connectivity index (χ4n) is 2.51. The molecule has 0 saturated heterocycles. The molecular formula is C15H13BrNO5PS. The van der Waals surface area contributed by atoms with Gasteiger partial charge in [-0.2, -0.15) is 0 Å². The van der Waals surface area contributed by atoms with Gasteiger partial charge in [0, 0.05) is 15.6 Å². The molecule has 3 rings (SSSR count). The van der Waals surface area contributed by atoms with Crippen LogP contribution in [0, 0.1) is 0 Å². The molecule has 126 valence electrons. The van der Waals surface area contributed by atoms with Crippen LogP contribution in [-0.2, 0) is 20.8 Å². The first-order chi connectivity index (χ1) is 11.2. The molecule has 2 N–H and O–H groups in total. The van der Waals surface area contributed by atoms with Crippen LogP contribution >= 0.6 is 23.5 Å². The molecule has 0 amide bonds. The van der Waals surface area contributed by atoms with Crippen LogP contribution in [0.1, 0.15) is 5.69 Å². The number of hydrogen-bond donors (Lipinski definition) is 2. The lowest BCUT2D eigenvalue weighted by atomic mass is 10.2. The predicted octanol–water partition coefficient (Wildman–Crippen LogP) is 3.32. The van der Waals surface area contributed by atoms with Gasteiger partial charge in [-0.3, -0.25) is 4.57 Å². The summed E-state index contributed by atoms with van der Waals surface area (Å²) in [6.45, 7) is 0. The van der Waals surface area contributed by atoms with Crippen molar-refractivity contribution >= 4 is 44.5 Å². The van der Waals surface area contributed by atoms with Gasteiger partial charge in [0.25, 0.3) is 10.0 Å². The first-order valence-corrected chi connectivity index (χ1v) is 10.9. The molecule has 0 radical (unpaired) electrons. The minimum Gasteiger partial charge on any atom is -0.324 e. The highest BCUT2D eigenvalue weighted by Gasteiger charge is 2.26. The van der Waals surface area contributed by atoms with Crippen molar-refractivity contribution in [1.82, 2.24) is 3.97 Å². The van der Waals surface area contributed by atoms with Crippen LogP contribution in [0.2, 0.25) is 0 Å². The second kappa shape index (κ2) is 6.13. The maximum atomic E-state index is 13.0. The normalized spacial score (nSPS) is 12.6. The lowest BCUT2D eigenvalue weighted by molar-refractivity contribution is 0.371. The van der Waals surface area contributed by atoms with Gasteiger partial charge < -0.3 is 9.79 Å². The minimum absolute atomic E-state index is 0.0419. The number of fused-ring (bicyclic) bond motifs is 1. The molecule has 0 unspecified atom stereocenters. The summed E-state index contributed by atoms with van der Waals surface area (Å²) in [7, 11) is -8.43. The van der Waals surface area contributed by atoms with Crippen LogP contribution in [-0.4, -0.2) is 22.2 Å².